The van der Waals surface area contributed by atoms with E-state index in [0.29, 0.717) is 47.8 Å². The average molecular weight is 428 g/mol. The van der Waals surface area contributed by atoms with E-state index in [4.69, 9.17) is 0 Å². The highest BCUT2D eigenvalue weighted by molar-refractivity contribution is 6.22. The quantitative estimate of drug-likeness (QED) is 0.542. The maximum absolute atomic E-state index is 13.1. The first kappa shape index (κ1) is 20.2. The maximum atomic E-state index is 13.1. The van der Waals surface area contributed by atoms with Crippen LogP contribution in [0.1, 0.15) is 49.5 Å². The molecule has 0 saturated carbocycles. The van der Waals surface area contributed by atoms with Gasteiger partial charge in [0.25, 0.3) is 11.8 Å². The van der Waals surface area contributed by atoms with E-state index in [1.165, 1.54) is 0 Å². The minimum atomic E-state index is -0.125. The van der Waals surface area contributed by atoms with Crippen molar-refractivity contribution in [3.63, 3.8) is 0 Å². The number of hydrogen-bond acceptors (Lipinski definition) is 4. The zero-order valence-electron chi connectivity index (χ0n) is 17.9. The van der Waals surface area contributed by atoms with Gasteiger partial charge in [-0.2, -0.15) is 5.10 Å². The molecule has 1 N–H and O–H groups in total. The van der Waals surface area contributed by atoms with Crippen LogP contribution in [0.3, 0.4) is 0 Å². The van der Waals surface area contributed by atoms with Crippen molar-refractivity contribution in [2.24, 2.45) is 13.0 Å². The molecule has 1 aliphatic carbocycles. The summed E-state index contributed by atoms with van der Waals surface area (Å²) >= 11 is 0. The monoisotopic (exact) mass is 428 g/mol. The number of rotatable bonds is 4. The van der Waals surface area contributed by atoms with Gasteiger partial charge >= 0.3 is 0 Å². The minimum Gasteiger partial charge on any atom is -0.352 e. The van der Waals surface area contributed by atoms with Crippen LogP contribution < -0.4 is 5.32 Å². The second-order valence-electron chi connectivity index (χ2n) is 8.48. The normalized spacial score (nSPS) is 15.4. The molecule has 0 radical (unpaired) electrons. The largest absolute Gasteiger partial charge is 0.352 e. The van der Waals surface area contributed by atoms with Crippen LogP contribution in [0.15, 0.2) is 54.9 Å². The maximum Gasteiger partial charge on any atom is 0.254 e. The summed E-state index contributed by atoms with van der Waals surface area (Å²) in [7, 11) is 1.78. The number of nitrogens with one attached hydrogen (secondary N) is 1. The Kier molecular flexibility index (Phi) is 5.09. The van der Waals surface area contributed by atoms with Gasteiger partial charge in [0, 0.05) is 49.6 Å². The number of fused-ring (bicyclic) bond motifs is 3. The Labute approximate surface area is 186 Å². The fourth-order valence-corrected chi connectivity index (χ4v) is 4.56. The van der Waals surface area contributed by atoms with E-state index < -0.39 is 0 Å². The van der Waals surface area contributed by atoms with Crippen LogP contribution in [0, 0.1) is 5.92 Å². The number of likely N-dealkylation sites (tertiary alicyclic amines) is 1. The Balaban J connectivity index is 1.19. The summed E-state index contributed by atoms with van der Waals surface area (Å²) in [4.78, 5) is 39.9. The highest BCUT2D eigenvalue weighted by Crippen LogP contribution is 2.37. The van der Waals surface area contributed by atoms with Crippen molar-refractivity contribution in [2.75, 3.05) is 19.6 Å². The van der Waals surface area contributed by atoms with Crippen molar-refractivity contribution in [3.05, 3.63) is 77.1 Å². The zero-order valence-corrected chi connectivity index (χ0v) is 17.9. The molecule has 0 bridgehead atoms. The van der Waals surface area contributed by atoms with Gasteiger partial charge in [0.2, 0.25) is 0 Å². The van der Waals surface area contributed by atoms with E-state index in [1.807, 2.05) is 41.3 Å². The molecule has 5 rings (SSSR count). The second-order valence-corrected chi connectivity index (χ2v) is 8.48. The van der Waals surface area contributed by atoms with Gasteiger partial charge in [-0.25, -0.2) is 0 Å². The van der Waals surface area contributed by atoms with Crippen LogP contribution in [0.4, 0.5) is 0 Å². The van der Waals surface area contributed by atoms with E-state index in [0.717, 1.165) is 24.0 Å². The molecular weight excluding hydrogens is 404 g/mol. The predicted octanol–water partition coefficient (Wildman–Crippen LogP) is 2.91. The van der Waals surface area contributed by atoms with Crippen LogP contribution in [-0.2, 0) is 7.05 Å². The summed E-state index contributed by atoms with van der Waals surface area (Å²) in [5, 5.41) is 6.99. The Morgan fingerprint density at radius 1 is 1.00 bits per heavy atom. The summed E-state index contributed by atoms with van der Waals surface area (Å²) in [6.07, 6.45) is 4.90. The molecule has 3 aromatic rings. The molecule has 2 aromatic carbocycles. The van der Waals surface area contributed by atoms with Gasteiger partial charge < -0.3 is 10.2 Å². The third-order valence-electron chi connectivity index (χ3n) is 6.39. The standard InChI is InChI=1S/C25H24N4O3/c1-28-15-18(14-27-28)24(31)26-13-16-8-10-29(11-9-16)25(32)17-6-7-20-19-4-2-3-5-21(19)23(30)22(20)12-17/h2-7,12,14-16H,8-11,13H2,1H3,(H,26,31). The number of benzene rings is 2. The van der Waals surface area contributed by atoms with E-state index in [-0.39, 0.29) is 17.6 Å². The number of carbonyl (C=O) groups is 3. The Bertz CT molecular complexity index is 1220. The summed E-state index contributed by atoms with van der Waals surface area (Å²) in [5.41, 5.74) is 4.22. The summed E-state index contributed by atoms with van der Waals surface area (Å²) in [5.74, 6) is 0.138. The number of amides is 2. The third-order valence-corrected chi connectivity index (χ3v) is 6.39. The van der Waals surface area contributed by atoms with Crippen LogP contribution in [0.5, 0.6) is 0 Å². The lowest BCUT2D eigenvalue weighted by Crippen LogP contribution is -2.41. The summed E-state index contributed by atoms with van der Waals surface area (Å²) in [6.45, 7) is 1.86. The number of nitrogens with zero attached hydrogens (tertiary/aromatic N) is 3. The van der Waals surface area contributed by atoms with Crippen molar-refractivity contribution in [2.45, 2.75) is 12.8 Å². The van der Waals surface area contributed by atoms with Crippen molar-refractivity contribution >= 4 is 17.6 Å². The predicted molar refractivity (Wildman–Crippen MR) is 119 cm³/mol. The number of piperidine rings is 1. The average Bonchev–Trinajstić information content (AvgIpc) is 3.39. The first-order valence-corrected chi connectivity index (χ1v) is 10.9. The number of aryl methyl sites for hydroxylation is 1. The third kappa shape index (κ3) is 3.60. The molecule has 2 amide bonds. The lowest BCUT2D eigenvalue weighted by Gasteiger charge is -2.32. The molecule has 7 heteroatoms. The fourth-order valence-electron chi connectivity index (χ4n) is 4.56. The molecule has 0 spiro atoms. The van der Waals surface area contributed by atoms with Gasteiger partial charge in [0.05, 0.1) is 11.8 Å². The van der Waals surface area contributed by atoms with E-state index in [2.05, 4.69) is 10.4 Å². The summed E-state index contributed by atoms with van der Waals surface area (Å²) < 4.78 is 1.60. The number of aromatic nitrogens is 2. The van der Waals surface area contributed by atoms with Crippen LogP contribution in [0.25, 0.3) is 11.1 Å². The molecule has 2 heterocycles. The molecule has 0 unspecified atom stereocenters. The van der Waals surface area contributed by atoms with Crippen LogP contribution in [-0.4, -0.2) is 51.9 Å². The highest BCUT2D eigenvalue weighted by atomic mass is 16.2. The van der Waals surface area contributed by atoms with Gasteiger partial charge in [-0.3, -0.25) is 19.1 Å². The van der Waals surface area contributed by atoms with Gasteiger partial charge in [-0.1, -0.05) is 30.3 Å². The first-order chi connectivity index (χ1) is 15.5. The topological polar surface area (TPSA) is 84.3 Å². The number of hydrogen-bond donors (Lipinski definition) is 1. The minimum absolute atomic E-state index is 0.0201. The first-order valence-electron chi connectivity index (χ1n) is 10.9. The van der Waals surface area contributed by atoms with E-state index >= 15 is 0 Å². The molecule has 1 fully saturated rings. The van der Waals surface area contributed by atoms with Crippen LogP contribution in [0.2, 0.25) is 0 Å². The molecule has 1 aliphatic heterocycles. The smallest absolute Gasteiger partial charge is 0.254 e. The molecule has 1 saturated heterocycles. The van der Waals surface area contributed by atoms with Gasteiger partial charge in [-0.05, 0) is 42.0 Å². The highest BCUT2D eigenvalue weighted by Gasteiger charge is 2.29. The lowest BCUT2D eigenvalue weighted by atomic mass is 9.95. The van der Waals surface area contributed by atoms with Crippen molar-refractivity contribution in [1.82, 2.24) is 20.0 Å². The Morgan fingerprint density at radius 3 is 2.44 bits per heavy atom. The van der Waals surface area contributed by atoms with Gasteiger partial charge in [0.15, 0.2) is 5.78 Å². The van der Waals surface area contributed by atoms with Crippen LogP contribution >= 0.6 is 0 Å². The van der Waals surface area contributed by atoms with Crippen molar-refractivity contribution < 1.29 is 14.4 Å². The van der Waals surface area contributed by atoms with Crippen molar-refractivity contribution in [1.29, 1.82) is 0 Å². The molecule has 0 atom stereocenters. The molecule has 2 aliphatic rings. The molecular formula is C25H24N4O3. The summed E-state index contributed by atoms with van der Waals surface area (Å²) in [6, 6.07) is 13.0. The SMILES string of the molecule is Cn1cc(C(=O)NCC2CCN(C(=O)c3ccc4c(c3)C(=O)c3ccccc3-4)CC2)cn1. The van der Waals surface area contributed by atoms with Gasteiger partial charge in [-0.15, -0.1) is 0 Å². The number of ketones is 1. The lowest BCUT2D eigenvalue weighted by molar-refractivity contribution is 0.0684. The number of carbonyl (C=O) groups excluding carboxylic acids is 3. The molecule has 7 nitrogen and oxygen atoms in total. The zero-order chi connectivity index (χ0) is 22.2. The Morgan fingerprint density at radius 2 is 1.72 bits per heavy atom. The second kappa shape index (κ2) is 8.07. The fraction of sp³-hybridized carbons (Fsp3) is 0.280. The molecule has 162 valence electrons. The molecule has 1 aromatic heterocycles. The van der Waals surface area contributed by atoms with E-state index in [9.17, 15) is 14.4 Å². The van der Waals surface area contributed by atoms with Gasteiger partial charge in [0.1, 0.15) is 0 Å². The van der Waals surface area contributed by atoms with E-state index in [1.54, 1.807) is 30.2 Å². The Hall–Kier alpha value is -3.74. The molecule has 32 heavy (non-hydrogen) atoms. The van der Waals surface area contributed by atoms with Crippen molar-refractivity contribution in [3.8, 4) is 11.1 Å².